The van der Waals surface area contributed by atoms with Crippen LogP contribution in [0.4, 0.5) is 0 Å². The predicted octanol–water partition coefficient (Wildman–Crippen LogP) is -0.109. The van der Waals surface area contributed by atoms with Gasteiger partial charge in [0.05, 0.1) is 18.5 Å². The molecule has 3 nitrogen and oxygen atoms in total. The summed E-state index contributed by atoms with van der Waals surface area (Å²) in [6.45, 7) is 0.857. The van der Waals surface area contributed by atoms with Crippen LogP contribution < -0.4 is 10.9 Å². The highest BCUT2D eigenvalue weighted by Crippen LogP contribution is 2.11. The van der Waals surface area contributed by atoms with Crippen LogP contribution >= 0.6 is 0 Å². The molecule has 2 aliphatic rings. The van der Waals surface area contributed by atoms with Crippen LogP contribution in [0.3, 0.4) is 0 Å². The van der Waals surface area contributed by atoms with Gasteiger partial charge < -0.3 is 10.2 Å². The van der Waals surface area contributed by atoms with Crippen LogP contribution in [0.5, 0.6) is 0 Å². The van der Waals surface area contributed by atoms with E-state index in [2.05, 4.69) is 10.9 Å². The van der Waals surface area contributed by atoms with E-state index in [4.69, 9.17) is 4.74 Å². The van der Waals surface area contributed by atoms with E-state index < -0.39 is 0 Å². The number of fused-ring (bicyclic) bond motifs is 1. The molecule has 0 aromatic carbocycles. The number of rotatable bonds is 0. The normalized spacial score (nSPS) is 30.2. The predicted molar refractivity (Wildman–Crippen MR) is 33.2 cm³/mol. The van der Waals surface area contributed by atoms with Crippen LogP contribution in [-0.4, -0.2) is 12.6 Å². The molecule has 0 radical (unpaired) electrons. The van der Waals surface area contributed by atoms with Gasteiger partial charge in [0.25, 0.3) is 0 Å². The summed E-state index contributed by atoms with van der Waals surface area (Å²) in [4.78, 5) is 0. The zero-order valence-corrected chi connectivity index (χ0v) is 4.92. The van der Waals surface area contributed by atoms with Gasteiger partial charge in [0.15, 0.2) is 6.10 Å². The highest BCUT2D eigenvalue weighted by molar-refractivity contribution is 5.20. The maximum Gasteiger partial charge on any atom is 0.153 e. The van der Waals surface area contributed by atoms with Crippen molar-refractivity contribution in [3.63, 3.8) is 0 Å². The highest BCUT2D eigenvalue weighted by atomic mass is 16.5. The van der Waals surface area contributed by atoms with Crippen molar-refractivity contribution in [1.82, 2.24) is 10.9 Å². The van der Waals surface area contributed by atoms with Crippen LogP contribution in [0.25, 0.3) is 0 Å². The fraction of sp³-hybridized carbons (Fsp3) is 0.333. The first-order chi connectivity index (χ1) is 4.47. The third-order valence-electron chi connectivity index (χ3n) is 1.46. The van der Waals surface area contributed by atoms with E-state index in [9.17, 15) is 0 Å². The van der Waals surface area contributed by atoms with E-state index in [-0.39, 0.29) is 6.10 Å². The molecule has 0 aromatic heterocycles. The van der Waals surface area contributed by atoms with Gasteiger partial charge >= 0.3 is 0 Å². The van der Waals surface area contributed by atoms with Gasteiger partial charge in [-0.1, -0.05) is 0 Å². The first-order valence-electron chi connectivity index (χ1n) is 2.98. The zero-order chi connectivity index (χ0) is 6.10. The monoisotopic (exact) mass is 124 g/mol. The molecule has 0 aliphatic carbocycles. The molecule has 2 rings (SSSR count). The van der Waals surface area contributed by atoms with Crippen molar-refractivity contribution in [2.45, 2.75) is 6.10 Å². The SMILES string of the molecule is C1=COC2CNNC2=C1. The summed E-state index contributed by atoms with van der Waals surface area (Å²) in [6, 6.07) is 0. The number of nitrogens with one attached hydrogen (secondary N) is 2. The number of ether oxygens (including phenoxy) is 1. The van der Waals surface area contributed by atoms with Crippen molar-refractivity contribution >= 4 is 0 Å². The summed E-state index contributed by atoms with van der Waals surface area (Å²) >= 11 is 0. The Hall–Kier alpha value is -0.960. The Bertz CT molecular complexity index is 174. The molecule has 3 heteroatoms. The van der Waals surface area contributed by atoms with E-state index >= 15 is 0 Å². The molecule has 0 saturated carbocycles. The van der Waals surface area contributed by atoms with Crippen molar-refractivity contribution in [3.05, 3.63) is 24.1 Å². The molecule has 0 amide bonds. The van der Waals surface area contributed by atoms with E-state index in [0.717, 1.165) is 12.2 Å². The Labute approximate surface area is 53.4 Å². The average molecular weight is 124 g/mol. The summed E-state index contributed by atoms with van der Waals surface area (Å²) in [7, 11) is 0. The minimum Gasteiger partial charge on any atom is -0.490 e. The van der Waals surface area contributed by atoms with E-state index in [1.807, 2.05) is 12.2 Å². The van der Waals surface area contributed by atoms with Gasteiger partial charge in [-0.25, -0.2) is 5.43 Å². The summed E-state index contributed by atoms with van der Waals surface area (Å²) in [5, 5.41) is 0. The van der Waals surface area contributed by atoms with Crippen molar-refractivity contribution < 1.29 is 4.74 Å². The second-order valence-corrected chi connectivity index (χ2v) is 2.08. The summed E-state index contributed by atoms with van der Waals surface area (Å²) in [5.41, 5.74) is 7.10. The van der Waals surface area contributed by atoms with E-state index in [1.54, 1.807) is 6.26 Å². The largest absolute Gasteiger partial charge is 0.490 e. The Kier molecular flexibility index (Phi) is 0.960. The third kappa shape index (κ3) is 0.695. The molecule has 1 unspecified atom stereocenters. The van der Waals surface area contributed by atoms with Crippen molar-refractivity contribution in [2.24, 2.45) is 0 Å². The van der Waals surface area contributed by atoms with Crippen LogP contribution in [0, 0.1) is 0 Å². The fourth-order valence-corrected chi connectivity index (χ4v) is 0.990. The molecule has 2 aliphatic heterocycles. The number of hydrogen-bond acceptors (Lipinski definition) is 3. The highest BCUT2D eigenvalue weighted by Gasteiger charge is 2.21. The lowest BCUT2D eigenvalue weighted by atomic mass is 10.2. The zero-order valence-electron chi connectivity index (χ0n) is 4.92. The first kappa shape index (κ1) is 4.88. The average Bonchev–Trinajstić information content (AvgIpc) is 2.33. The van der Waals surface area contributed by atoms with Crippen LogP contribution in [0.1, 0.15) is 0 Å². The Morgan fingerprint density at radius 1 is 1.67 bits per heavy atom. The molecule has 1 atom stereocenters. The lowest BCUT2D eigenvalue weighted by molar-refractivity contribution is 0.188. The quantitative estimate of drug-likeness (QED) is 0.472. The second kappa shape index (κ2) is 1.77. The van der Waals surface area contributed by atoms with Gasteiger partial charge in [0, 0.05) is 0 Å². The Morgan fingerprint density at radius 2 is 2.67 bits per heavy atom. The van der Waals surface area contributed by atoms with Crippen LogP contribution in [0.15, 0.2) is 24.1 Å². The van der Waals surface area contributed by atoms with Crippen LogP contribution in [-0.2, 0) is 4.74 Å². The number of allylic oxidation sites excluding steroid dienone is 2. The molecular weight excluding hydrogens is 116 g/mol. The van der Waals surface area contributed by atoms with Crippen molar-refractivity contribution in [3.8, 4) is 0 Å². The second-order valence-electron chi connectivity index (χ2n) is 2.08. The van der Waals surface area contributed by atoms with Crippen molar-refractivity contribution in [2.75, 3.05) is 6.54 Å². The lowest BCUT2D eigenvalue weighted by Crippen LogP contribution is -2.20. The summed E-state index contributed by atoms with van der Waals surface area (Å²) < 4.78 is 5.23. The fourth-order valence-electron chi connectivity index (χ4n) is 0.990. The topological polar surface area (TPSA) is 33.3 Å². The van der Waals surface area contributed by atoms with Gasteiger partial charge in [-0.05, 0) is 12.2 Å². The van der Waals surface area contributed by atoms with Gasteiger partial charge in [-0.3, -0.25) is 0 Å². The van der Waals surface area contributed by atoms with Gasteiger partial charge in [-0.2, -0.15) is 0 Å². The van der Waals surface area contributed by atoms with Gasteiger partial charge in [0.2, 0.25) is 0 Å². The number of hydrogen-bond donors (Lipinski definition) is 2. The standard InChI is InChI=1S/C6H8N2O/c1-2-5-6(9-3-1)4-7-8-5/h1-3,6-8H,4H2. The Balaban J connectivity index is 2.23. The maximum absolute atomic E-state index is 5.23. The number of hydrazine groups is 1. The molecule has 0 aromatic rings. The van der Waals surface area contributed by atoms with E-state index in [0.29, 0.717) is 0 Å². The molecule has 9 heavy (non-hydrogen) atoms. The van der Waals surface area contributed by atoms with E-state index in [1.165, 1.54) is 0 Å². The molecule has 0 bridgehead atoms. The molecule has 2 N–H and O–H groups in total. The Morgan fingerprint density at radius 3 is 3.56 bits per heavy atom. The van der Waals surface area contributed by atoms with Crippen molar-refractivity contribution in [1.29, 1.82) is 0 Å². The molecule has 2 heterocycles. The maximum atomic E-state index is 5.23. The first-order valence-corrected chi connectivity index (χ1v) is 2.98. The minimum atomic E-state index is 0.218. The third-order valence-corrected chi connectivity index (χ3v) is 1.46. The van der Waals surface area contributed by atoms with Crippen LogP contribution in [0.2, 0.25) is 0 Å². The summed E-state index contributed by atoms with van der Waals surface area (Å²) in [6.07, 6.45) is 5.82. The molecule has 0 spiro atoms. The molecule has 1 saturated heterocycles. The lowest BCUT2D eigenvalue weighted by Gasteiger charge is -2.11. The molecule has 48 valence electrons. The van der Waals surface area contributed by atoms with Gasteiger partial charge in [0.1, 0.15) is 0 Å². The minimum absolute atomic E-state index is 0.218. The molecule has 1 fully saturated rings. The van der Waals surface area contributed by atoms with Gasteiger partial charge in [-0.15, -0.1) is 0 Å². The summed E-state index contributed by atoms with van der Waals surface area (Å²) in [5.74, 6) is 0. The molecular formula is C6H8N2O. The smallest absolute Gasteiger partial charge is 0.153 e.